The predicted molar refractivity (Wildman–Crippen MR) is 110 cm³/mol. The molecule has 1 aliphatic rings. The molecular formula is C21H20ClN5O4. The van der Waals surface area contributed by atoms with E-state index in [1.807, 2.05) is 18.2 Å². The number of rotatable bonds is 9. The molecule has 0 spiro atoms. The molecule has 31 heavy (non-hydrogen) atoms. The molecule has 1 N–H and O–H groups in total. The Balaban J connectivity index is 1.25. The van der Waals surface area contributed by atoms with Crippen LogP contribution in [0.1, 0.15) is 32.1 Å². The molecule has 0 bridgehead atoms. The molecule has 10 heteroatoms. The van der Waals surface area contributed by atoms with Crippen LogP contribution in [0.2, 0.25) is 5.02 Å². The van der Waals surface area contributed by atoms with Gasteiger partial charge in [0.05, 0.1) is 37.0 Å². The highest BCUT2D eigenvalue weighted by Crippen LogP contribution is 2.22. The number of fused-ring (bicyclic) bond motifs is 1. The largest absolute Gasteiger partial charge is 0.389 e. The Bertz CT molecular complexity index is 1070. The molecule has 0 saturated heterocycles. The second kappa shape index (κ2) is 9.34. The number of nitrogens with zero attached hydrogens (tertiary/aromatic N) is 5. The minimum Gasteiger partial charge on any atom is -0.389 e. The number of tetrazole rings is 1. The lowest BCUT2D eigenvalue weighted by Crippen LogP contribution is -2.32. The Kier molecular flexibility index (Phi) is 6.36. The first-order valence-corrected chi connectivity index (χ1v) is 10.1. The number of halogens is 1. The number of aliphatic hydroxyl groups excluding tert-OH is 1. The minimum atomic E-state index is -0.833. The molecular weight excluding hydrogens is 422 g/mol. The number of ether oxygens (including phenoxy) is 1. The number of benzene rings is 2. The van der Waals surface area contributed by atoms with Gasteiger partial charge in [-0.2, -0.15) is 4.80 Å². The van der Waals surface area contributed by atoms with Gasteiger partial charge in [-0.3, -0.25) is 14.5 Å². The molecule has 3 aromatic rings. The van der Waals surface area contributed by atoms with Crippen molar-refractivity contribution in [2.45, 2.75) is 25.7 Å². The highest BCUT2D eigenvalue weighted by Gasteiger charge is 2.34. The van der Waals surface area contributed by atoms with E-state index < -0.39 is 6.10 Å². The molecule has 0 aliphatic carbocycles. The van der Waals surface area contributed by atoms with Crippen LogP contribution in [0.5, 0.6) is 0 Å². The zero-order valence-electron chi connectivity index (χ0n) is 16.5. The van der Waals surface area contributed by atoms with Crippen molar-refractivity contribution >= 4 is 23.4 Å². The summed E-state index contributed by atoms with van der Waals surface area (Å²) in [6.07, 6.45) is -0.564. The standard InChI is InChI=1S/C21H20ClN5O4/c22-18-8-4-1-5-14(18)12-31-13-15(28)11-27-24-19(23-25-27)9-10-26-20(29)16-6-2-3-7-17(16)21(26)30/h1-8,15,28H,9-13H2/t15-/m0/s1. The van der Waals surface area contributed by atoms with Gasteiger partial charge in [-0.15, -0.1) is 10.2 Å². The summed E-state index contributed by atoms with van der Waals surface area (Å²) in [5.41, 5.74) is 1.65. The monoisotopic (exact) mass is 441 g/mol. The molecule has 2 amide bonds. The molecule has 2 aromatic carbocycles. The molecule has 2 heterocycles. The minimum absolute atomic E-state index is 0.0805. The fourth-order valence-electron chi connectivity index (χ4n) is 3.27. The lowest BCUT2D eigenvalue weighted by atomic mass is 10.1. The van der Waals surface area contributed by atoms with Gasteiger partial charge < -0.3 is 9.84 Å². The molecule has 0 fully saturated rings. The molecule has 9 nitrogen and oxygen atoms in total. The van der Waals surface area contributed by atoms with Crippen molar-refractivity contribution in [3.05, 3.63) is 76.1 Å². The fraction of sp³-hybridized carbons (Fsp3) is 0.286. The van der Waals surface area contributed by atoms with Crippen molar-refractivity contribution in [1.29, 1.82) is 0 Å². The van der Waals surface area contributed by atoms with E-state index in [4.69, 9.17) is 16.3 Å². The Morgan fingerprint density at radius 3 is 2.42 bits per heavy atom. The van der Waals surface area contributed by atoms with E-state index in [2.05, 4.69) is 15.4 Å². The molecule has 4 rings (SSSR count). The van der Waals surface area contributed by atoms with Crippen LogP contribution in [0.4, 0.5) is 0 Å². The summed E-state index contributed by atoms with van der Waals surface area (Å²) in [5, 5.41) is 22.8. The molecule has 160 valence electrons. The van der Waals surface area contributed by atoms with Crippen molar-refractivity contribution in [3.8, 4) is 0 Å². The first-order valence-electron chi connectivity index (χ1n) is 9.74. The molecule has 0 unspecified atom stereocenters. The normalized spacial score (nSPS) is 14.2. The van der Waals surface area contributed by atoms with E-state index in [1.54, 1.807) is 30.3 Å². The smallest absolute Gasteiger partial charge is 0.261 e. The van der Waals surface area contributed by atoms with Crippen molar-refractivity contribution in [1.82, 2.24) is 25.1 Å². The van der Waals surface area contributed by atoms with Crippen molar-refractivity contribution < 1.29 is 19.4 Å². The van der Waals surface area contributed by atoms with Crippen molar-refractivity contribution in [3.63, 3.8) is 0 Å². The predicted octanol–water partition coefficient (Wildman–Crippen LogP) is 1.74. The first kappa shape index (κ1) is 21.1. The lowest BCUT2D eigenvalue weighted by molar-refractivity contribution is 0.0164. The van der Waals surface area contributed by atoms with E-state index in [0.29, 0.717) is 22.0 Å². The highest BCUT2D eigenvalue weighted by atomic mass is 35.5. The molecule has 1 atom stereocenters. The first-order chi connectivity index (χ1) is 15.0. The number of amides is 2. The van der Waals surface area contributed by atoms with E-state index in [1.165, 1.54) is 9.70 Å². The second-order valence-corrected chi connectivity index (χ2v) is 7.49. The summed E-state index contributed by atoms with van der Waals surface area (Å²) < 4.78 is 5.51. The van der Waals surface area contributed by atoms with Gasteiger partial charge >= 0.3 is 0 Å². The third kappa shape index (κ3) is 4.79. The van der Waals surface area contributed by atoms with Crippen molar-refractivity contribution in [2.24, 2.45) is 0 Å². The van der Waals surface area contributed by atoms with Gasteiger partial charge in [0, 0.05) is 18.0 Å². The van der Waals surface area contributed by atoms with Gasteiger partial charge in [0.2, 0.25) is 0 Å². The maximum absolute atomic E-state index is 12.4. The average molecular weight is 442 g/mol. The number of carbonyl (C=O) groups is 2. The fourth-order valence-corrected chi connectivity index (χ4v) is 3.46. The summed E-state index contributed by atoms with van der Waals surface area (Å²) >= 11 is 6.07. The maximum Gasteiger partial charge on any atom is 0.261 e. The van der Waals surface area contributed by atoms with E-state index in [-0.39, 0.29) is 44.5 Å². The number of hydrogen-bond donors (Lipinski definition) is 1. The van der Waals surface area contributed by atoms with Gasteiger partial charge in [-0.25, -0.2) is 0 Å². The Morgan fingerprint density at radius 1 is 1.03 bits per heavy atom. The van der Waals surface area contributed by atoms with Crippen LogP contribution in [0, 0.1) is 0 Å². The van der Waals surface area contributed by atoms with Gasteiger partial charge in [0.15, 0.2) is 5.82 Å². The zero-order valence-corrected chi connectivity index (χ0v) is 17.3. The highest BCUT2D eigenvalue weighted by molar-refractivity contribution is 6.31. The van der Waals surface area contributed by atoms with E-state index >= 15 is 0 Å². The Hall–Kier alpha value is -3.14. The molecule has 1 aromatic heterocycles. The van der Waals surface area contributed by atoms with Gasteiger partial charge in [-0.1, -0.05) is 41.9 Å². The topological polar surface area (TPSA) is 110 Å². The summed E-state index contributed by atoms with van der Waals surface area (Å²) in [6, 6.07) is 14.1. The number of carbonyl (C=O) groups excluding carboxylic acids is 2. The van der Waals surface area contributed by atoms with Crippen LogP contribution in [-0.4, -0.2) is 61.3 Å². The average Bonchev–Trinajstić information content (AvgIpc) is 3.31. The summed E-state index contributed by atoms with van der Waals surface area (Å²) in [6.45, 7) is 0.619. The van der Waals surface area contributed by atoms with Gasteiger partial charge in [0.1, 0.15) is 0 Å². The Labute approximate surface area is 183 Å². The molecule has 1 aliphatic heterocycles. The number of imide groups is 1. The van der Waals surface area contributed by atoms with Crippen molar-refractivity contribution in [2.75, 3.05) is 13.2 Å². The third-order valence-electron chi connectivity index (χ3n) is 4.83. The van der Waals surface area contributed by atoms with E-state index in [0.717, 1.165) is 5.56 Å². The number of hydrogen-bond acceptors (Lipinski definition) is 7. The quantitative estimate of drug-likeness (QED) is 0.503. The third-order valence-corrected chi connectivity index (χ3v) is 5.20. The number of aliphatic hydroxyl groups is 1. The van der Waals surface area contributed by atoms with Gasteiger partial charge in [-0.05, 0) is 29.0 Å². The van der Waals surface area contributed by atoms with Crippen LogP contribution in [0.25, 0.3) is 0 Å². The summed E-state index contributed by atoms with van der Waals surface area (Å²) in [5.74, 6) is -0.265. The number of aromatic nitrogens is 4. The zero-order chi connectivity index (χ0) is 21.8. The second-order valence-electron chi connectivity index (χ2n) is 7.08. The van der Waals surface area contributed by atoms with Crippen LogP contribution < -0.4 is 0 Å². The van der Waals surface area contributed by atoms with E-state index in [9.17, 15) is 14.7 Å². The lowest BCUT2D eigenvalue weighted by Gasteiger charge is -2.12. The van der Waals surface area contributed by atoms with Crippen LogP contribution in [0.3, 0.4) is 0 Å². The van der Waals surface area contributed by atoms with Crippen LogP contribution in [0.15, 0.2) is 48.5 Å². The van der Waals surface area contributed by atoms with Gasteiger partial charge in [0.25, 0.3) is 11.8 Å². The summed E-state index contributed by atoms with van der Waals surface area (Å²) in [4.78, 5) is 27.2. The molecule has 0 radical (unpaired) electrons. The SMILES string of the molecule is O=C1c2ccccc2C(=O)N1CCc1nnn(C[C@H](O)COCc2ccccc2Cl)n1. The van der Waals surface area contributed by atoms with Crippen LogP contribution >= 0.6 is 11.6 Å². The summed E-state index contributed by atoms with van der Waals surface area (Å²) in [7, 11) is 0. The Morgan fingerprint density at radius 2 is 1.71 bits per heavy atom. The molecule has 0 saturated carbocycles. The maximum atomic E-state index is 12.4. The van der Waals surface area contributed by atoms with Crippen LogP contribution in [-0.2, 0) is 24.3 Å².